The second-order valence-electron chi connectivity index (χ2n) is 3.80. The molecule has 1 atom stereocenters. The van der Waals surface area contributed by atoms with Crippen LogP contribution in [0.1, 0.15) is 12.8 Å². The van der Waals surface area contributed by atoms with Crippen molar-refractivity contribution in [2.75, 3.05) is 19.6 Å². The van der Waals surface area contributed by atoms with E-state index >= 15 is 0 Å². The SMILES string of the molecule is N#CCN1C=CN(N2CCCC2)[C@H](Cl)C1=O. The van der Waals surface area contributed by atoms with Gasteiger partial charge < -0.3 is 4.90 Å². The van der Waals surface area contributed by atoms with Gasteiger partial charge in [0, 0.05) is 25.5 Å². The predicted octanol–water partition coefficient (Wildman–Crippen LogP) is 0.701. The molecule has 1 amide bonds. The lowest BCUT2D eigenvalue weighted by Crippen LogP contribution is -2.51. The van der Waals surface area contributed by atoms with E-state index in [1.807, 2.05) is 6.07 Å². The molecule has 2 aliphatic heterocycles. The summed E-state index contributed by atoms with van der Waals surface area (Å²) < 4.78 is 0. The van der Waals surface area contributed by atoms with Gasteiger partial charge in [0.05, 0.1) is 6.07 Å². The van der Waals surface area contributed by atoms with Crippen molar-refractivity contribution < 1.29 is 4.79 Å². The first-order valence-corrected chi connectivity index (χ1v) is 5.70. The molecule has 1 saturated heterocycles. The first-order chi connectivity index (χ1) is 7.74. The summed E-state index contributed by atoms with van der Waals surface area (Å²) >= 11 is 6.08. The van der Waals surface area contributed by atoms with Crippen LogP contribution in [0, 0.1) is 11.3 Å². The molecule has 0 aromatic carbocycles. The van der Waals surface area contributed by atoms with Crippen LogP contribution in [0.4, 0.5) is 0 Å². The van der Waals surface area contributed by atoms with E-state index in [1.165, 1.54) is 4.90 Å². The number of hydrogen-bond donors (Lipinski definition) is 0. The molecule has 6 heteroatoms. The molecule has 2 rings (SSSR count). The van der Waals surface area contributed by atoms with Crippen LogP contribution in [0.25, 0.3) is 0 Å². The number of nitrogens with zero attached hydrogens (tertiary/aromatic N) is 4. The lowest BCUT2D eigenvalue weighted by Gasteiger charge is -2.38. The van der Waals surface area contributed by atoms with Crippen LogP contribution in [0.5, 0.6) is 0 Å². The fourth-order valence-corrected chi connectivity index (χ4v) is 2.24. The summed E-state index contributed by atoms with van der Waals surface area (Å²) in [5.41, 5.74) is -0.726. The highest BCUT2D eigenvalue weighted by atomic mass is 35.5. The summed E-state index contributed by atoms with van der Waals surface area (Å²) in [5, 5.41) is 12.4. The van der Waals surface area contributed by atoms with Crippen LogP contribution in [0.2, 0.25) is 0 Å². The molecule has 0 aromatic rings. The zero-order chi connectivity index (χ0) is 11.5. The molecule has 0 unspecified atom stereocenters. The third kappa shape index (κ3) is 1.99. The van der Waals surface area contributed by atoms with Crippen molar-refractivity contribution >= 4 is 17.5 Å². The number of rotatable bonds is 2. The number of hydrogen-bond acceptors (Lipinski definition) is 4. The molecular weight excluding hydrogens is 228 g/mol. The van der Waals surface area contributed by atoms with Gasteiger partial charge in [0.2, 0.25) is 0 Å². The maximum atomic E-state index is 11.8. The van der Waals surface area contributed by atoms with Crippen LogP contribution in [-0.4, -0.2) is 46.0 Å². The molecule has 5 nitrogen and oxygen atoms in total. The standard InChI is InChI=1S/C10H13ClN4O/c11-9-10(16)13(6-3-12)7-8-15(9)14-4-1-2-5-14/h7-9H,1-2,4-6H2/t9-/m0/s1. The number of carbonyl (C=O) groups excluding carboxylic acids is 1. The average Bonchev–Trinajstić information content (AvgIpc) is 2.79. The van der Waals surface area contributed by atoms with E-state index in [-0.39, 0.29) is 12.5 Å². The summed E-state index contributed by atoms with van der Waals surface area (Å²) in [7, 11) is 0. The summed E-state index contributed by atoms with van der Waals surface area (Å²) in [6.07, 6.45) is 5.64. The Hall–Kier alpha value is -1.25. The molecule has 86 valence electrons. The first kappa shape index (κ1) is 11.2. The minimum absolute atomic E-state index is 0.0480. The van der Waals surface area contributed by atoms with Gasteiger partial charge in [-0.2, -0.15) is 5.26 Å². The zero-order valence-electron chi connectivity index (χ0n) is 8.84. The van der Waals surface area contributed by atoms with E-state index in [2.05, 4.69) is 5.01 Å². The maximum Gasteiger partial charge on any atom is 0.267 e. The highest BCUT2D eigenvalue weighted by Gasteiger charge is 2.33. The van der Waals surface area contributed by atoms with Crippen LogP contribution in [0.3, 0.4) is 0 Å². The largest absolute Gasteiger partial charge is 0.301 e. The minimum atomic E-state index is -0.726. The monoisotopic (exact) mass is 240 g/mol. The molecule has 0 spiro atoms. The Kier molecular flexibility index (Phi) is 3.32. The van der Waals surface area contributed by atoms with Crippen molar-refractivity contribution in [3.8, 4) is 6.07 Å². The van der Waals surface area contributed by atoms with Gasteiger partial charge in [0.25, 0.3) is 5.91 Å². The molecule has 0 bridgehead atoms. The van der Waals surface area contributed by atoms with Crippen molar-refractivity contribution in [3.63, 3.8) is 0 Å². The van der Waals surface area contributed by atoms with Crippen LogP contribution in [-0.2, 0) is 4.79 Å². The fourth-order valence-electron chi connectivity index (χ4n) is 1.92. The molecule has 0 aromatic heterocycles. The molecule has 0 saturated carbocycles. The number of hydrazine groups is 1. The Morgan fingerprint density at radius 2 is 2.12 bits per heavy atom. The summed E-state index contributed by atoms with van der Waals surface area (Å²) in [4.78, 5) is 13.1. The Labute approximate surface area is 99.4 Å². The molecular formula is C10H13ClN4O. The first-order valence-electron chi connectivity index (χ1n) is 5.27. The van der Waals surface area contributed by atoms with E-state index < -0.39 is 5.50 Å². The zero-order valence-corrected chi connectivity index (χ0v) is 9.60. The predicted molar refractivity (Wildman–Crippen MR) is 58.8 cm³/mol. The lowest BCUT2D eigenvalue weighted by molar-refractivity contribution is -0.136. The van der Waals surface area contributed by atoms with Gasteiger partial charge in [0.15, 0.2) is 5.50 Å². The fraction of sp³-hybridized carbons (Fsp3) is 0.600. The number of alkyl halides is 1. The summed E-state index contributed by atoms with van der Waals surface area (Å²) in [5.74, 6) is -0.238. The van der Waals surface area contributed by atoms with E-state index in [0.29, 0.717) is 0 Å². The molecule has 0 aliphatic carbocycles. The normalized spacial score (nSPS) is 26.2. The number of halogens is 1. The Morgan fingerprint density at radius 1 is 1.44 bits per heavy atom. The molecule has 1 fully saturated rings. The molecule has 2 heterocycles. The average molecular weight is 241 g/mol. The number of nitriles is 1. The smallest absolute Gasteiger partial charge is 0.267 e. The molecule has 0 N–H and O–H groups in total. The summed E-state index contributed by atoms with van der Waals surface area (Å²) in [6, 6.07) is 1.94. The quantitative estimate of drug-likeness (QED) is 0.405. The van der Waals surface area contributed by atoms with Crippen LogP contribution >= 0.6 is 11.6 Å². The maximum absolute atomic E-state index is 11.8. The van der Waals surface area contributed by atoms with Gasteiger partial charge in [-0.15, -0.1) is 0 Å². The van der Waals surface area contributed by atoms with Crippen molar-refractivity contribution in [2.24, 2.45) is 0 Å². The summed E-state index contributed by atoms with van der Waals surface area (Å²) in [6.45, 7) is 1.91. The lowest BCUT2D eigenvalue weighted by atomic mass is 10.4. The Morgan fingerprint density at radius 3 is 2.75 bits per heavy atom. The van der Waals surface area contributed by atoms with Crippen molar-refractivity contribution in [1.29, 1.82) is 5.26 Å². The van der Waals surface area contributed by atoms with Gasteiger partial charge in [0.1, 0.15) is 6.54 Å². The highest BCUT2D eigenvalue weighted by Crippen LogP contribution is 2.21. The highest BCUT2D eigenvalue weighted by molar-refractivity contribution is 6.30. The van der Waals surface area contributed by atoms with E-state index in [1.54, 1.807) is 17.4 Å². The molecule has 0 radical (unpaired) electrons. The van der Waals surface area contributed by atoms with E-state index in [0.717, 1.165) is 25.9 Å². The Bertz CT molecular complexity index is 345. The third-order valence-electron chi connectivity index (χ3n) is 2.77. The molecule has 2 aliphatic rings. The van der Waals surface area contributed by atoms with Crippen molar-refractivity contribution in [1.82, 2.24) is 14.9 Å². The minimum Gasteiger partial charge on any atom is -0.301 e. The van der Waals surface area contributed by atoms with Crippen molar-refractivity contribution in [3.05, 3.63) is 12.4 Å². The van der Waals surface area contributed by atoms with Crippen LogP contribution in [0.15, 0.2) is 12.4 Å². The second-order valence-corrected chi connectivity index (χ2v) is 4.21. The third-order valence-corrected chi connectivity index (χ3v) is 3.16. The van der Waals surface area contributed by atoms with Gasteiger partial charge in [-0.1, -0.05) is 11.6 Å². The van der Waals surface area contributed by atoms with Crippen molar-refractivity contribution in [2.45, 2.75) is 18.3 Å². The Balaban J connectivity index is 2.10. The van der Waals surface area contributed by atoms with Crippen LogP contribution < -0.4 is 0 Å². The number of amides is 1. The van der Waals surface area contributed by atoms with E-state index in [9.17, 15) is 4.79 Å². The van der Waals surface area contributed by atoms with Gasteiger partial charge >= 0.3 is 0 Å². The van der Waals surface area contributed by atoms with Gasteiger partial charge in [-0.05, 0) is 12.8 Å². The van der Waals surface area contributed by atoms with Gasteiger partial charge in [-0.3, -0.25) is 9.80 Å². The van der Waals surface area contributed by atoms with E-state index in [4.69, 9.17) is 16.9 Å². The van der Waals surface area contributed by atoms with Gasteiger partial charge in [-0.25, -0.2) is 5.01 Å². The topological polar surface area (TPSA) is 50.6 Å². The number of carbonyl (C=O) groups is 1. The molecule has 16 heavy (non-hydrogen) atoms. The second kappa shape index (κ2) is 4.73.